The van der Waals surface area contributed by atoms with Crippen LogP contribution in [-0.4, -0.2) is 17.0 Å². The maximum atomic E-state index is 11.0. The Kier molecular flexibility index (Phi) is 1.72. The summed E-state index contributed by atoms with van der Waals surface area (Å²) in [5.74, 6) is 1.55. The summed E-state index contributed by atoms with van der Waals surface area (Å²) >= 11 is 0. The largest absolute Gasteiger partial charge is 0.393 e. The Morgan fingerprint density at radius 3 is 2.73 bits per heavy atom. The fraction of sp³-hybridized carbons (Fsp3) is 0.889. The van der Waals surface area contributed by atoms with E-state index in [1.54, 1.807) is 0 Å². The van der Waals surface area contributed by atoms with Crippen LogP contribution in [0.3, 0.4) is 0 Å². The lowest BCUT2D eigenvalue weighted by atomic mass is 9.80. The van der Waals surface area contributed by atoms with Crippen LogP contribution < -0.4 is 0 Å². The van der Waals surface area contributed by atoms with Gasteiger partial charge in [-0.1, -0.05) is 0 Å². The van der Waals surface area contributed by atoms with Gasteiger partial charge in [0.1, 0.15) is 5.78 Å². The Hall–Kier alpha value is -0.370. The maximum Gasteiger partial charge on any atom is 0.133 e. The molecule has 0 aromatic heterocycles. The van der Waals surface area contributed by atoms with Crippen LogP contribution >= 0.6 is 0 Å². The summed E-state index contributed by atoms with van der Waals surface area (Å²) in [6.45, 7) is 0. The summed E-state index contributed by atoms with van der Waals surface area (Å²) in [5.41, 5.74) is 0. The number of Topliss-reactive ketones (excluding diaryl/α,β-unsaturated/α-hetero) is 1. The molecule has 0 aromatic carbocycles. The molecule has 0 saturated heterocycles. The summed E-state index contributed by atoms with van der Waals surface area (Å²) in [6, 6.07) is 0. The zero-order valence-corrected chi connectivity index (χ0v) is 6.62. The highest BCUT2D eigenvalue weighted by atomic mass is 16.3. The number of aliphatic hydroxyl groups is 1. The van der Waals surface area contributed by atoms with Crippen LogP contribution in [0.25, 0.3) is 0 Å². The van der Waals surface area contributed by atoms with Crippen LogP contribution in [0.15, 0.2) is 0 Å². The summed E-state index contributed by atoms with van der Waals surface area (Å²) in [6.07, 6.45) is 4.25. The van der Waals surface area contributed by atoms with E-state index in [2.05, 4.69) is 0 Å². The van der Waals surface area contributed by atoms with E-state index in [9.17, 15) is 9.90 Å². The molecule has 1 unspecified atom stereocenters. The number of hydrogen-bond donors (Lipinski definition) is 1. The van der Waals surface area contributed by atoms with Crippen LogP contribution in [0, 0.1) is 11.8 Å². The van der Waals surface area contributed by atoms with Crippen LogP contribution in [0.5, 0.6) is 0 Å². The van der Waals surface area contributed by atoms with Crippen molar-refractivity contribution in [3.63, 3.8) is 0 Å². The number of rotatable bonds is 0. The molecule has 2 rings (SSSR count). The van der Waals surface area contributed by atoms with Gasteiger partial charge in [-0.3, -0.25) is 4.79 Å². The molecule has 62 valence electrons. The third kappa shape index (κ3) is 1.32. The van der Waals surface area contributed by atoms with Crippen LogP contribution in [0.2, 0.25) is 0 Å². The summed E-state index contributed by atoms with van der Waals surface area (Å²) < 4.78 is 0. The minimum Gasteiger partial charge on any atom is -0.393 e. The molecule has 11 heavy (non-hydrogen) atoms. The summed E-state index contributed by atoms with van der Waals surface area (Å²) in [7, 11) is 0. The molecule has 0 aromatic rings. The normalized spacial score (nSPS) is 44.1. The lowest BCUT2D eigenvalue weighted by Gasteiger charge is -2.27. The first-order valence-electron chi connectivity index (χ1n) is 4.45. The van der Waals surface area contributed by atoms with Gasteiger partial charge in [-0.05, 0) is 31.1 Å². The van der Waals surface area contributed by atoms with Gasteiger partial charge in [0.25, 0.3) is 0 Å². The zero-order valence-electron chi connectivity index (χ0n) is 6.62. The second-order valence-electron chi connectivity index (χ2n) is 3.93. The number of carbonyl (C=O) groups is 1. The van der Waals surface area contributed by atoms with Crippen molar-refractivity contribution in [2.75, 3.05) is 0 Å². The second kappa shape index (κ2) is 2.59. The lowest BCUT2D eigenvalue weighted by Crippen LogP contribution is -2.23. The topological polar surface area (TPSA) is 37.3 Å². The van der Waals surface area contributed by atoms with E-state index in [-0.39, 0.29) is 6.10 Å². The van der Waals surface area contributed by atoms with E-state index in [4.69, 9.17) is 0 Å². The molecule has 2 aliphatic rings. The summed E-state index contributed by atoms with van der Waals surface area (Å²) in [5, 5.41) is 9.33. The zero-order chi connectivity index (χ0) is 7.84. The number of carbonyl (C=O) groups excluding carboxylic acids is 1. The molecule has 0 bridgehead atoms. The molecule has 0 radical (unpaired) electrons. The van der Waals surface area contributed by atoms with Gasteiger partial charge in [-0.15, -0.1) is 0 Å². The minimum atomic E-state index is -0.123. The lowest BCUT2D eigenvalue weighted by molar-refractivity contribution is -0.117. The number of ketones is 1. The van der Waals surface area contributed by atoms with Crippen molar-refractivity contribution in [1.82, 2.24) is 0 Å². The maximum absolute atomic E-state index is 11.0. The smallest absolute Gasteiger partial charge is 0.133 e. The predicted octanol–water partition coefficient (Wildman–Crippen LogP) is 1.13. The first kappa shape index (κ1) is 7.29. The first-order chi connectivity index (χ1) is 5.25. The van der Waals surface area contributed by atoms with Crippen molar-refractivity contribution < 1.29 is 9.90 Å². The van der Waals surface area contributed by atoms with E-state index in [0.717, 1.165) is 32.1 Å². The number of hydrogen-bond acceptors (Lipinski definition) is 2. The first-order valence-corrected chi connectivity index (χ1v) is 4.45. The highest BCUT2D eigenvalue weighted by Crippen LogP contribution is 2.40. The van der Waals surface area contributed by atoms with Crippen molar-refractivity contribution in [1.29, 1.82) is 0 Å². The highest BCUT2D eigenvalue weighted by Gasteiger charge is 2.37. The van der Waals surface area contributed by atoms with Gasteiger partial charge in [0.15, 0.2) is 0 Å². The quantitative estimate of drug-likeness (QED) is 0.568. The van der Waals surface area contributed by atoms with E-state index >= 15 is 0 Å². The van der Waals surface area contributed by atoms with Crippen LogP contribution in [-0.2, 0) is 4.79 Å². The molecule has 1 N–H and O–H groups in total. The van der Waals surface area contributed by atoms with Gasteiger partial charge in [-0.25, -0.2) is 0 Å². The minimum absolute atomic E-state index is 0.123. The van der Waals surface area contributed by atoms with E-state index in [0.29, 0.717) is 17.6 Å². The second-order valence-corrected chi connectivity index (χ2v) is 3.93. The van der Waals surface area contributed by atoms with Gasteiger partial charge >= 0.3 is 0 Å². The third-order valence-electron chi connectivity index (χ3n) is 3.09. The fourth-order valence-electron chi connectivity index (χ4n) is 2.49. The third-order valence-corrected chi connectivity index (χ3v) is 3.09. The highest BCUT2D eigenvalue weighted by molar-refractivity contribution is 5.81. The Morgan fingerprint density at radius 1 is 1.18 bits per heavy atom. The Bertz CT molecular complexity index is 176. The van der Waals surface area contributed by atoms with Gasteiger partial charge < -0.3 is 5.11 Å². The SMILES string of the molecule is O=C1C[C@@H]2CC(O)CC[C@H]2C1. The van der Waals surface area contributed by atoms with Crippen molar-refractivity contribution in [3.8, 4) is 0 Å². The fourth-order valence-corrected chi connectivity index (χ4v) is 2.49. The molecule has 2 heteroatoms. The molecule has 0 heterocycles. The Morgan fingerprint density at radius 2 is 1.91 bits per heavy atom. The average molecular weight is 154 g/mol. The van der Waals surface area contributed by atoms with E-state index in [1.807, 2.05) is 0 Å². The Balaban J connectivity index is 2.02. The summed E-state index contributed by atoms with van der Waals surface area (Å²) in [4.78, 5) is 11.0. The number of aliphatic hydroxyl groups excluding tert-OH is 1. The molecule has 0 aliphatic heterocycles. The molecule has 2 saturated carbocycles. The van der Waals surface area contributed by atoms with Crippen LogP contribution in [0.4, 0.5) is 0 Å². The van der Waals surface area contributed by atoms with Crippen molar-refractivity contribution in [3.05, 3.63) is 0 Å². The molecule has 2 aliphatic carbocycles. The molecule has 2 fully saturated rings. The standard InChI is InChI=1S/C9H14O2/c10-8-2-1-6-3-9(11)5-7(6)4-8/h6-8,10H,1-5H2/t6-,7-,8?/m0/s1. The Labute approximate surface area is 66.6 Å². The molecule has 2 nitrogen and oxygen atoms in total. The molecule has 3 atom stereocenters. The average Bonchev–Trinajstić information content (AvgIpc) is 2.27. The van der Waals surface area contributed by atoms with Gasteiger partial charge in [0.2, 0.25) is 0 Å². The monoisotopic (exact) mass is 154 g/mol. The van der Waals surface area contributed by atoms with Crippen molar-refractivity contribution in [2.24, 2.45) is 11.8 Å². The molecule has 0 amide bonds. The van der Waals surface area contributed by atoms with Crippen LogP contribution in [0.1, 0.15) is 32.1 Å². The van der Waals surface area contributed by atoms with E-state index < -0.39 is 0 Å². The van der Waals surface area contributed by atoms with Gasteiger partial charge in [0, 0.05) is 12.8 Å². The molecular weight excluding hydrogens is 140 g/mol. The molecular formula is C9H14O2. The van der Waals surface area contributed by atoms with Gasteiger partial charge in [-0.2, -0.15) is 0 Å². The van der Waals surface area contributed by atoms with Gasteiger partial charge in [0.05, 0.1) is 6.10 Å². The number of fused-ring (bicyclic) bond motifs is 1. The predicted molar refractivity (Wildman–Crippen MR) is 41.1 cm³/mol. The molecule has 0 spiro atoms. The van der Waals surface area contributed by atoms with Crippen molar-refractivity contribution >= 4 is 5.78 Å². The van der Waals surface area contributed by atoms with E-state index in [1.165, 1.54) is 0 Å². The van der Waals surface area contributed by atoms with Crippen molar-refractivity contribution in [2.45, 2.75) is 38.2 Å².